The van der Waals surface area contributed by atoms with Gasteiger partial charge in [0, 0.05) is 6.42 Å². The third kappa shape index (κ3) is 5.26. The lowest BCUT2D eigenvalue weighted by Crippen LogP contribution is -2.12. The Morgan fingerprint density at radius 2 is 1.85 bits per heavy atom. The fourth-order valence-electron chi connectivity index (χ4n) is 2.32. The van der Waals surface area contributed by atoms with E-state index in [1.54, 1.807) is 7.11 Å². The van der Waals surface area contributed by atoms with Crippen LogP contribution in [0.3, 0.4) is 0 Å². The van der Waals surface area contributed by atoms with Gasteiger partial charge in [-0.3, -0.25) is 4.79 Å². The fourth-order valence-corrected chi connectivity index (χ4v) is 2.98. The molecular formula is C20H19N3O2S. The Morgan fingerprint density at radius 3 is 2.58 bits per heavy atom. The molecule has 0 unspecified atom stereocenters. The molecule has 0 fully saturated rings. The Hall–Kier alpha value is -2.99. The molecule has 0 spiro atoms. The first-order valence-corrected chi connectivity index (χ1v) is 9.04. The van der Waals surface area contributed by atoms with Gasteiger partial charge in [-0.15, -0.1) is 10.2 Å². The van der Waals surface area contributed by atoms with Gasteiger partial charge < -0.3 is 10.1 Å². The highest BCUT2D eigenvalue weighted by atomic mass is 32.1. The van der Waals surface area contributed by atoms with Gasteiger partial charge in [-0.1, -0.05) is 59.9 Å². The lowest BCUT2D eigenvalue weighted by atomic mass is 10.1. The highest BCUT2D eigenvalue weighted by molar-refractivity contribution is 7.16. The SMILES string of the molecule is COc1ccc(/C=C/c2nnc(NC(=O)CCc3ccccc3)s2)cc1. The predicted octanol–water partition coefficient (Wildman–Crippen LogP) is 4.29. The van der Waals surface area contributed by atoms with Crippen LogP contribution in [0.2, 0.25) is 0 Å². The van der Waals surface area contributed by atoms with Crippen molar-refractivity contribution in [2.45, 2.75) is 12.8 Å². The number of amides is 1. The van der Waals surface area contributed by atoms with E-state index in [2.05, 4.69) is 15.5 Å². The van der Waals surface area contributed by atoms with E-state index < -0.39 is 0 Å². The van der Waals surface area contributed by atoms with Crippen LogP contribution in [0.5, 0.6) is 5.75 Å². The van der Waals surface area contributed by atoms with Crippen molar-refractivity contribution in [1.82, 2.24) is 10.2 Å². The molecule has 1 aromatic heterocycles. The van der Waals surface area contributed by atoms with Gasteiger partial charge in [-0.05, 0) is 35.8 Å². The zero-order valence-corrected chi connectivity index (χ0v) is 15.2. The number of nitrogens with one attached hydrogen (secondary N) is 1. The molecule has 6 heteroatoms. The van der Waals surface area contributed by atoms with Gasteiger partial charge in [0.05, 0.1) is 7.11 Å². The topological polar surface area (TPSA) is 64.1 Å². The lowest BCUT2D eigenvalue weighted by Gasteiger charge is -2.01. The smallest absolute Gasteiger partial charge is 0.226 e. The second-order valence-electron chi connectivity index (χ2n) is 5.59. The van der Waals surface area contributed by atoms with Crippen molar-refractivity contribution in [1.29, 1.82) is 0 Å². The number of anilines is 1. The van der Waals surface area contributed by atoms with Crippen LogP contribution < -0.4 is 10.1 Å². The standard InChI is InChI=1S/C20H19N3O2S/c1-25-17-11-7-16(8-12-17)10-14-19-22-23-20(26-19)21-18(24)13-9-15-5-3-2-4-6-15/h2-8,10-12,14H,9,13H2,1H3,(H,21,23,24)/b14-10+. The van der Waals surface area contributed by atoms with Gasteiger partial charge in [0.1, 0.15) is 10.8 Å². The second kappa shape index (κ2) is 8.92. The van der Waals surface area contributed by atoms with Gasteiger partial charge in [0.25, 0.3) is 0 Å². The number of aryl methyl sites for hydroxylation is 1. The molecule has 0 aliphatic rings. The van der Waals surface area contributed by atoms with Gasteiger partial charge in [0.15, 0.2) is 0 Å². The number of benzene rings is 2. The van der Waals surface area contributed by atoms with E-state index in [4.69, 9.17) is 4.74 Å². The number of carbonyl (C=O) groups is 1. The van der Waals surface area contributed by atoms with Crippen LogP contribution in [0.1, 0.15) is 22.6 Å². The Balaban J connectivity index is 1.52. The van der Waals surface area contributed by atoms with Gasteiger partial charge in [-0.2, -0.15) is 0 Å². The molecule has 0 bridgehead atoms. The molecule has 1 N–H and O–H groups in total. The van der Waals surface area contributed by atoms with Gasteiger partial charge >= 0.3 is 0 Å². The van der Waals surface area contributed by atoms with Crippen molar-refractivity contribution >= 4 is 34.5 Å². The molecule has 0 saturated heterocycles. The van der Waals surface area contributed by atoms with Crippen LogP contribution in [0.25, 0.3) is 12.2 Å². The quantitative estimate of drug-likeness (QED) is 0.678. The molecule has 0 saturated carbocycles. The van der Waals surface area contributed by atoms with Crippen LogP contribution in [-0.2, 0) is 11.2 Å². The number of hydrogen-bond acceptors (Lipinski definition) is 5. The fraction of sp³-hybridized carbons (Fsp3) is 0.150. The summed E-state index contributed by atoms with van der Waals surface area (Å²) in [4.78, 5) is 12.0. The van der Waals surface area contributed by atoms with Crippen molar-refractivity contribution in [3.8, 4) is 5.75 Å². The lowest BCUT2D eigenvalue weighted by molar-refractivity contribution is -0.116. The molecule has 0 aliphatic heterocycles. The van der Waals surface area contributed by atoms with Crippen molar-refractivity contribution in [3.63, 3.8) is 0 Å². The number of aromatic nitrogens is 2. The number of rotatable bonds is 7. The van der Waals surface area contributed by atoms with Gasteiger partial charge in [0.2, 0.25) is 11.0 Å². The second-order valence-corrected chi connectivity index (χ2v) is 6.59. The van der Waals surface area contributed by atoms with Crippen LogP contribution in [0, 0.1) is 0 Å². The molecule has 2 aromatic carbocycles. The first kappa shape index (κ1) is 17.8. The van der Waals surface area contributed by atoms with Crippen molar-refractivity contribution in [2.75, 3.05) is 12.4 Å². The zero-order chi connectivity index (χ0) is 18.2. The third-order valence-corrected chi connectivity index (χ3v) is 4.51. The first-order valence-electron chi connectivity index (χ1n) is 8.22. The summed E-state index contributed by atoms with van der Waals surface area (Å²) in [6.45, 7) is 0. The Bertz CT molecular complexity index is 874. The number of carbonyl (C=O) groups excluding carboxylic acids is 1. The van der Waals surface area contributed by atoms with E-state index in [1.165, 1.54) is 11.3 Å². The number of ether oxygens (including phenoxy) is 1. The summed E-state index contributed by atoms with van der Waals surface area (Å²) in [6.07, 6.45) is 4.94. The molecule has 5 nitrogen and oxygen atoms in total. The number of nitrogens with zero attached hydrogens (tertiary/aromatic N) is 2. The van der Waals surface area contributed by atoms with E-state index in [1.807, 2.05) is 66.7 Å². The average Bonchev–Trinajstić information content (AvgIpc) is 3.13. The summed E-state index contributed by atoms with van der Waals surface area (Å²) in [6, 6.07) is 17.7. The highest BCUT2D eigenvalue weighted by Crippen LogP contribution is 2.19. The number of methoxy groups -OCH3 is 1. The first-order chi connectivity index (χ1) is 12.7. The van der Waals surface area contributed by atoms with Crippen LogP contribution in [0.15, 0.2) is 54.6 Å². The predicted molar refractivity (Wildman–Crippen MR) is 105 cm³/mol. The third-order valence-electron chi connectivity index (χ3n) is 3.70. The van der Waals surface area contributed by atoms with E-state index in [0.717, 1.165) is 21.9 Å². The molecule has 0 atom stereocenters. The summed E-state index contributed by atoms with van der Waals surface area (Å²) in [5.74, 6) is 0.759. The molecule has 26 heavy (non-hydrogen) atoms. The van der Waals surface area contributed by atoms with Crippen LogP contribution >= 0.6 is 11.3 Å². The number of hydrogen-bond donors (Lipinski definition) is 1. The van der Waals surface area contributed by atoms with Crippen LogP contribution in [0.4, 0.5) is 5.13 Å². The maximum absolute atomic E-state index is 12.0. The minimum absolute atomic E-state index is 0.0595. The van der Waals surface area contributed by atoms with E-state index >= 15 is 0 Å². The molecule has 3 rings (SSSR count). The highest BCUT2D eigenvalue weighted by Gasteiger charge is 2.07. The molecule has 1 amide bonds. The van der Waals surface area contributed by atoms with Crippen molar-refractivity contribution in [2.24, 2.45) is 0 Å². The Morgan fingerprint density at radius 1 is 1.08 bits per heavy atom. The van der Waals surface area contributed by atoms with E-state index in [-0.39, 0.29) is 5.91 Å². The summed E-state index contributed by atoms with van der Waals surface area (Å²) in [7, 11) is 1.64. The summed E-state index contributed by atoms with van der Waals surface area (Å²) in [5.41, 5.74) is 2.18. The molecule has 0 radical (unpaired) electrons. The van der Waals surface area contributed by atoms with Crippen molar-refractivity contribution in [3.05, 3.63) is 70.7 Å². The van der Waals surface area contributed by atoms with E-state index in [0.29, 0.717) is 18.0 Å². The summed E-state index contributed by atoms with van der Waals surface area (Å²) in [5, 5.41) is 12.1. The minimum Gasteiger partial charge on any atom is -0.497 e. The average molecular weight is 365 g/mol. The summed E-state index contributed by atoms with van der Waals surface area (Å²) >= 11 is 1.34. The Kier molecular flexibility index (Phi) is 6.11. The summed E-state index contributed by atoms with van der Waals surface area (Å²) < 4.78 is 5.14. The molecular weight excluding hydrogens is 346 g/mol. The molecule has 1 heterocycles. The largest absolute Gasteiger partial charge is 0.497 e. The van der Waals surface area contributed by atoms with Crippen molar-refractivity contribution < 1.29 is 9.53 Å². The minimum atomic E-state index is -0.0595. The maximum atomic E-state index is 12.0. The molecule has 132 valence electrons. The molecule has 3 aromatic rings. The maximum Gasteiger partial charge on any atom is 0.226 e. The van der Waals surface area contributed by atoms with Crippen LogP contribution in [-0.4, -0.2) is 23.2 Å². The normalized spacial score (nSPS) is 10.8. The van der Waals surface area contributed by atoms with Gasteiger partial charge in [-0.25, -0.2) is 0 Å². The van der Waals surface area contributed by atoms with E-state index in [9.17, 15) is 4.79 Å². The molecule has 0 aliphatic carbocycles. The monoisotopic (exact) mass is 365 g/mol. The Labute approximate surface area is 156 Å². The zero-order valence-electron chi connectivity index (χ0n) is 14.4.